The maximum absolute atomic E-state index is 8.43. The minimum atomic E-state index is 0.244. The zero-order valence-electron chi connectivity index (χ0n) is 4.42. The predicted molar refractivity (Wildman–Crippen MR) is 33.9 cm³/mol. The van der Waals surface area contributed by atoms with E-state index < -0.39 is 0 Å². The first-order valence-corrected chi connectivity index (χ1v) is 3.31. The second kappa shape index (κ2) is 2.84. The molecular weight excluding hydrogens is 120 g/mol. The number of aliphatic hydroxyl groups excluding tert-OH is 1. The molecule has 1 heterocycles. The largest absolute Gasteiger partial charge is 0.396 e. The van der Waals surface area contributed by atoms with Crippen LogP contribution in [0.4, 0.5) is 0 Å². The quantitative estimate of drug-likeness (QED) is 0.630. The summed E-state index contributed by atoms with van der Waals surface area (Å²) >= 11 is 1.56. The third kappa shape index (κ3) is 1.32. The molecular formula is C6H7OS. The molecule has 1 rings (SSSR count). The van der Waals surface area contributed by atoms with Gasteiger partial charge >= 0.3 is 0 Å². The van der Waals surface area contributed by atoms with Crippen LogP contribution in [-0.4, -0.2) is 11.7 Å². The van der Waals surface area contributed by atoms with E-state index in [2.05, 4.69) is 5.38 Å². The molecule has 2 heteroatoms. The van der Waals surface area contributed by atoms with Gasteiger partial charge in [0.15, 0.2) is 0 Å². The van der Waals surface area contributed by atoms with Gasteiger partial charge in [-0.05, 0) is 12.1 Å². The first-order valence-electron chi connectivity index (χ1n) is 2.49. The summed E-state index contributed by atoms with van der Waals surface area (Å²) in [7, 11) is 0. The lowest BCUT2D eigenvalue weighted by molar-refractivity contribution is 0.300. The lowest BCUT2D eigenvalue weighted by Gasteiger charge is -1.85. The maximum Gasteiger partial charge on any atom is 0.0479 e. The Kier molecular flexibility index (Phi) is 2.06. The summed E-state index contributed by atoms with van der Waals surface area (Å²) in [5.41, 5.74) is 0. The molecule has 1 radical (unpaired) electrons. The minimum Gasteiger partial charge on any atom is -0.396 e. The Morgan fingerprint density at radius 2 is 2.62 bits per heavy atom. The van der Waals surface area contributed by atoms with E-state index in [0.717, 1.165) is 6.42 Å². The fourth-order valence-corrected chi connectivity index (χ4v) is 1.13. The van der Waals surface area contributed by atoms with Crippen molar-refractivity contribution in [1.29, 1.82) is 0 Å². The van der Waals surface area contributed by atoms with Crippen molar-refractivity contribution < 1.29 is 5.11 Å². The molecule has 0 aliphatic heterocycles. The van der Waals surface area contributed by atoms with E-state index >= 15 is 0 Å². The molecule has 1 aromatic rings. The molecule has 0 spiro atoms. The van der Waals surface area contributed by atoms with Crippen molar-refractivity contribution >= 4 is 11.3 Å². The molecule has 1 aromatic heterocycles. The van der Waals surface area contributed by atoms with E-state index in [1.165, 1.54) is 4.88 Å². The first kappa shape index (κ1) is 5.79. The van der Waals surface area contributed by atoms with Gasteiger partial charge in [0, 0.05) is 23.3 Å². The van der Waals surface area contributed by atoms with Crippen molar-refractivity contribution in [1.82, 2.24) is 0 Å². The highest BCUT2D eigenvalue weighted by Gasteiger charge is 1.88. The molecule has 0 unspecified atom stereocenters. The summed E-state index contributed by atoms with van der Waals surface area (Å²) in [6, 6.07) is 3.84. The Morgan fingerprint density at radius 3 is 3.12 bits per heavy atom. The van der Waals surface area contributed by atoms with Crippen LogP contribution in [-0.2, 0) is 6.42 Å². The summed E-state index contributed by atoms with van der Waals surface area (Å²) < 4.78 is 0. The fourth-order valence-electron chi connectivity index (χ4n) is 0.515. The molecule has 1 N–H and O–H groups in total. The highest BCUT2D eigenvalue weighted by Crippen LogP contribution is 2.06. The average molecular weight is 127 g/mol. The van der Waals surface area contributed by atoms with E-state index in [4.69, 9.17) is 5.11 Å². The van der Waals surface area contributed by atoms with E-state index in [9.17, 15) is 0 Å². The standard InChI is InChI=1S/C6H7OS/c7-4-3-6-2-1-5-8-6/h1-2,7H,3-4H2. The summed E-state index contributed by atoms with van der Waals surface area (Å²) in [5, 5.41) is 11.4. The van der Waals surface area contributed by atoms with Crippen molar-refractivity contribution in [3.63, 3.8) is 0 Å². The number of thiophene rings is 1. The van der Waals surface area contributed by atoms with Crippen LogP contribution in [0.15, 0.2) is 12.1 Å². The molecule has 0 aromatic carbocycles. The van der Waals surface area contributed by atoms with Crippen molar-refractivity contribution in [3.8, 4) is 0 Å². The van der Waals surface area contributed by atoms with Gasteiger partial charge < -0.3 is 5.11 Å². The molecule has 0 atom stereocenters. The minimum absolute atomic E-state index is 0.244. The van der Waals surface area contributed by atoms with E-state index in [-0.39, 0.29) is 6.61 Å². The highest BCUT2D eigenvalue weighted by molar-refractivity contribution is 7.09. The van der Waals surface area contributed by atoms with Crippen LogP contribution < -0.4 is 0 Å². The first-order chi connectivity index (χ1) is 3.93. The van der Waals surface area contributed by atoms with Crippen molar-refractivity contribution in [2.75, 3.05) is 6.61 Å². The number of hydrogen-bond donors (Lipinski definition) is 1. The fraction of sp³-hybridized carbons (Fsp3) is 0.333. The number of rotatable bonds is 2. The van der Waals surface area contributed by atoms with Gasteiger partial charge in [-0.1, -0.05) is 0 Å². The second-order valence-electron chi connectivity index (χ2n) is 1.49. The number of hydrogen-bond acceptors (Lipinski definition) is 2. The molecule has 0 amide bonds. The zero-order chi connectivity index (χ0) is 5.82. The van der Waals surface area contributed by atoms with Gasteiger partial charge in [0.1, 0.15) is 0 Å². The van der Waals surface area contributed by atoms with Crippen LogP contribution in [0.3, 0.4) is 0 Å². The van der Waals surface area contributed by atoms with Crippen LogP contribution in [0, 0.1) is 5.38 Å². The third-order valence-electron chi connectivity index (χ3n) is 0.885. The van der Waals surface area contributed by atoms with Gasteiger partial charge in [-0.15, -0.1) is 11.3 Å². The van der Waals surface area contributed by atoms with Gasteiger partial charge in [-0.2, -0.15) is 0 Å². The Morgan fingerprint density at radius 1 is 1.75 bits per heavy atom. The van der Waals surface area contributed by atoms with Crippen LogP contribution in [0.2, 0.25) is 0 Å². The molecule has 0 aliphatic rings. The maximum atomic E-state index is 8.43. The average Bonchev–Trinajstić information content (AvgIpc) is 2.19. The lowest BCUT2D eigenvalue weighted by atomic mass is 10.4. The van der Waals surface area contributed by atoms with Crippen LogP contribution in [0.25, 0.3) is 0 Å². The van der Waals surface area contributed by atoms with Gasteiger partial charge in [0.25, 0.3) is 0 Å². The molecule has 0 fully saturated rings. The monoisotopic (exact) mass is 127 g/mol. The Bertz CT molecular complexity index is 134. The summed E-state index contributed by atoms with van der Waals surface area (Å²) in [6.07, 6.45) is 0.772. The van der Waals surface area contributed by atoms with Crippen LogP contribution in [0.5, 0.6) is 0 Å². The van der Waals surface area contributed by atoms with Crippen molar-refractivity contribution in [3.05, 3.63) is 22.4 Å². The van der Waals surface area contributed by atoms with E-state index in [0.29, 0.717) is 0 Å². The Hall–Kier alpha value is -0.340. The smallest absolute Gasteiger partial charge is 0.0479 e. The van der Waals surface area contributed by atoms with E-state index in [1.807, 2.05) is 12.1 Å². The lowest BCUT2D eigenvalue weighted by Crippen LogP contribution is -1.84. The SMILES string of the molecule is OCCc1cc[c]s1. The van der Waals surface area contributed by atoms with Crippen molar-refractivity contribution in [2.24, 2.45) is 0 Å². The van der Waals surface area contributed by atoms with Crippen LogP contribution >= 0.6 is 11.3 Å². The Labute approximate surface area is 52.6 Å². The van der Waals surface area contributed by atoms with Gasteiger partial charge in [-0.3, -0.25) is 0 Å². The molecule has 43 valence electrons. The van der Waals surface area contributed by atoms with Gasteiger partial charge in [-0.25, -0.2) is 0 Å². The summed E-state index contributed by atoms with van der Waals surface area (Å²) in [6.45, 7) is 0.244. The van der Waals surface area contributed by atoms with Gasteiger partial charge in [0.2, 0.25) is 0 Å². The van der Waals surface area contributed by atoms with Crippen LogP contribution in [0.1, 0.15) is 4.88 Å². The topological polar surface area (TPSA) is 20.2 Å². The van der Waals surface area contributed by atoms with Crippen molar-refractivity contribution in [2.45, 2.75) is 6.42 Å². The zero-order valence-corrected chi connectivity index (χ0v) is 5.24. The normalized spacial score (nSPS) is 9.62. The highest BCUT2D eigenvalue weighted by atomic mass is 32.1. The Balaban J connectivity index is 2.50. The number of aliphatic hydroxyl groups is 1. The summed E-state index contributed by atoms with van der Waals surface area (Å²) in [5.74, 6) is 0. The molecule has 0 saturated heterocycles. The molecule has 0 aliphatic carbocycles. The molecule has 1 nitrogen and oxygen atoms in total. The third-order valence-corrected chi connectivity index (χ3v) is 1.74. The molecule has 0 saturated carbocycles. The van der Waals surface area contributed by atoms with Gasteiger partial charge in [0.05, 0.1) is 0 Å². The summed E-state index contributed by atoms with van der Waals surface area (Å²) in [4.78, 5) is 1.20. The van der Waals surface area contributed by atoms with E-state index in [1.54, 1.807) is 11.3 Å². The predicted octanol–water partition coefficient (Wildman–Crippen LogP) is 1.08. The second-order valence-corrected chi connectivity index (χ2v) is 2.46. The molecule has 0 bridgehead atoms. The molecule has 8 heavy (non-hydrogen) atoms.